The molecule has 1 saturated heterocycles. The van der Waals surface area contributed by atoms with E-state index >= 15 is 0 Å². The summed E-state index contributed by atoms with van der Waals surface area (Å²) >= 11 is 2.17. The predicted octanol–water partition coefficient (Wildman–Crippen LogP) is 1.90. The van der Waals surface area contributed by atoms with Crippen LogP contribution in [0, 0.1) is 8.99 Å². The van der Waals surface area contributed by atoms with Crippen molar-refractivity contribution in [1.29, 1.82) is 0 Å². The molecule has 1 fully saturated rings. The molecule has 6 nitrogen and oxygen atoms in total. The highest BCUT2D eigenvalue weighted by Gasteiger charge is 2.23. The van der Waals surface area contributed by atoms with Crippen LogP contribution in [0.15, 0.2) is 6.07 Å². The molecule has 2 heterocycles. The Morgan fingerprint density at radius 1 is 1.35 bits per heavy atom. The number of morpholine rings is 1. The summed E-state index contributed by atoms with van der Waals surface area (Å²) in [6, 6.07) is 1.94. The SMILES string of the molecule is CC(C)(C)C(=O)Nc1nnc(N2CCOCC2)cc1I. The number of halogens is 1. The minimum absolute atomic E-state index is 0.0659. The lowest BCUT2D eigenvalue weighted by molar-refractivity contribution is -0.123. The van der Waals surface area contributed by atoms with Gasteiger partial charge in [-0.25, -0.2) is 0 Å². The first-order valence-electron chi connectivity index (χ1n) is 6.55. The Morgan fingerprint density at radius 3 is 2.55 bits per heavy atom. The van der Waals surface area contributed by atoms with Crippen molar-refractivity contribution in [3.8, 4) is 0 Å². The number of hydrogen-bond acceptors (Lipinski definition) is 5. The molecule has 0 aromatic carbocycles. The Labute approximate surface area is 132 Å². The van der Waals surface area contributed by atoms with Crippen LogP contribution in [-0.4, -0.2) is 42.4 Å². The van der Waals surface area contributed by atoms with Crippen molar-refractivity contribution in [3.05, 3.63) is 9.64 Å². The van der Waals surface area contributed by atoms with Crippen LogP contribution in [0.1, 0.15) is 20.8 Å². The van der Waals surface area contributed by atoms with Gasteiger partial charge in [-0.15, -0.1) is 10.2 Å². The number of nitrogens with zero attached hydrogens (tertiary/aromatic N) is 3. The minimum atomic E-state index is -0.451. The normalized spacial score (nSPS) is 16.1. The van der Waals surface area contributed by atoms with Crippen LogP contribution >= 0.6 is 22.6 Å². The van der Waals surface area contributed by atoms with Gasteiger partial charge in [0.15, 0.2) is 11.6 Å². The summed E-state index contributed by atoms with van der Waals surface area (Å²) in [4.78, 5) is 14.1. The van der Waals surface area contributed by atoms with E-state index in [9.17, 15) is 4.79 Å². The molecule has 0 bridgehead atoms. The molecule has 7 heteroatoms. The first-order chi connectivity index (χ1) is 9.38. The Kier molecular flexibility index (Phi) is 4.79. The first kappa shape index (κ1) is 15.4. The lowest BCUT2D eigenvalue weighted by Crippen LogP contribution is -2.37. The van der Waals surface area contributed by atoms with Crippen molar-refractivity contribution >= 4 is 40.1 Å². The fourth-order valence-corrected chi connectivity index (χ4v) is 2.21. The van der Waals surface area contributed by atoms with Gasteiger partial charge in [-0.2, -0.15) is 0 Å². The number of aromatic nitrogens is 2. The molecule has 1 aromatic heterocycles. The van der Waals surface area contributed by atoms with Crippen LogP contribution in [0.2, 0.25) is 0 Å². The van der Waals surface area contributed by atoms with Crippen LogP contribution in [-0.2, 0) is 9.53 Å². The highest BCUT2D eigenvalue weighted by Crippen LogP contribution is 2.23. The van der Waals surface area contributed by atoms with Crippen molar-refractivity contribution < 1.29 is 9.53 Å². The van der Waals surface area contributed by atoms with Crippen molar-refractivity contribution in [2.45, 2.75) is 20.8 Å². The number of carbonyl (C=O) groups is 1. The average Bonchev–Trinajstić information content (AvgIpc) is 2.41. The van der Waals surface area contributed by atoms with Crippen molar-refractivity contribution in [3.63, 3.8) is 0 Å². The zero-order valence-corrected chi connectivity index (χ0v) is 14.1. The molecule has 20 heavy (non-hydrogen) atoms. The number of ether oxygens (including phenoxy) is 1. The molecule has 1 aliphatic heterocycles. The fourth-order valence-electron chi connectivity index (χ4n) is 1.69. The van der Waals surface area contributed by atoms with E-state index in [1.807, 2.05) is 26.8 Å². The summed E-state index contributed by atoms with van der Waals surface area (Å²) in [7, 11) is 0. The fraction of sp³-hybridized carbons (Fsp3) is 0.615. The maximum absolute atomic E-state index is 12.0. The van der Waals surface area contributed by atoms with Gasteiger partial charge in [-0.1, -0.05) is 20.8 Å². The maximum atomic E-state index is 12.0. The third kappa shape index (κ3) is 3.78. The molecule has 110 valence electrons. The van der Waals surface area contributed by atoms with E-state index in [-0.39, 0.29) is 5.91 Å². The van der Waals surface area contributed by atoms with E-state index in [4.69, 9.17) is 4.74 Å². The number of nitrogens with one attached hydrogen (secondary N) is 1. The number of hydrogen-bond donors (Lipinski definition) is 1. The van der Waals surface area contributed by atoms with Gasteiger partial charge in [-0.05, 0) is 28.7 Å². The molecule has 0 saturated carbocycles. The van der Waals surface area contributed by atoms with Gasteiger partial charge in [-0.3, -0.25) is 4.79 Å². The molecular formula is C13H19IN4O2. The third-order valence-corrected chi connectivity index (χ3v) is 3.81. The van der Waals surface area contributed by atoms with Crippen molar-refractivity contribution in [2.24, 2.45) is 5.41 Å². The average molecular weight is 390 g/mol. The monoisotopic (exact) mass is 390 g/mol. The van der Waals surface area contributed by atoms with E-state index in [1.165, 1.54) is 0 Å². The quantitative estimate of drug-likeness (QED) is 0.782. The molecule has 0 aliphatic carbocycles. The molecule has 0 radical (unpaired) electrons. The standard InChI is InChI=1S/C13H19IN4O2/c1-13(2,3)12(19)15-11-9(14)8-10(16-17-11)18-4-6-20-7-5-18/h8H,4-7H2,1-3H3,(H,15,17,19). The summed E-state index contributed by atoms with van der Waals surface area (Å²) < 4.78 is 6.20. The second kappa shape index (κ2) is 6.21. The predicted molar refractivity (Wildman–Crippen MR) is 85.9 cm³/mol. The van der Waals surface area contributed by atoms with Gasteiger partial charge >= 0.3 is 0 Å². The molecule has 0 atom stereocenters. The molecule has 1 N–H and O–H groups in total. The minimum Gasteiger partial charge on any atom is -0.378 e. The molecule has 1 amide bonds. The van der Waals surface area contributed by atoms with Gasteiger partial charge in [0.05, 0.1) is 16.8 Å². The van der Waals surface area contributed by atoms with Crippen LogP contribution in [0.25, 0.3) is 0 Å². The van der Waals surface area contributed by atoms with Crippen LogP contribution < -0.4 is 10.2 Å². The van der Waals surface area contributed by atoms with Crippen molar-refractivity contribution in [2.75, 3.05) is 36.5 Å². The van der Waals surface area contributed by atoms with E-state index in [1.54, 1.807) is 0 Å². The Morgan fingerprint density at radius 2 is 2.00 bits per heavy atom. The third-order valence-electron chi connectivity index (χ3n) is 2.98. The summed E-state index contributed by atoms with van der Waals surface area (Å²) in [5.74, 6) is 1.28. The molecular weight excluding hydrogens is 371 g/mol. The smallest absolute Gasteiger partial charge is 0.230 e. The summed E-state index contributed by atoms with van der Waals surface area (Å²) in [6.07, 6.45) is 0. The number of rotatable bonds is 2. The second-order valence-electron chi connectivity index (χ2n) is 5.70. The maximum Gasteiger partial charge on any atom is 0.230 e. The molecule has 2 rings (SSSR count). The van der Waals surface area contributed by atoms with E-state index in [0.717, 1.165) is 22.5 Å². The number of anilines is 2. The van der Waals surface area contributed by atoms with Gasteiger partial charge in [0, 0.05) is 18.5 Å². The lowest BCUT2D eigenvalue weighted by atomic mass is 9.96. The summed E-state index contributed by atoms with van der Waals surface area (Å²) in [5, 5.41) is 11.2. The van der Waals surface area contributed by atoms with Crippen LogP contribution in [0.3, 0.4) is 0 Å². The van der Waals surface area contributed by atoms with Crippen LogP contribution in [0.4, 0.5) is 11.6 Å². The summed E-state index contributed by atoms with van der Waals surface area (Å²) in [6.45, 7) is 8.65. The van der Waals surface area contributed by atoms with E-state index in [2.05, 4.69) is 43.0 Å². The highest BCUT2D eigenvalue weighted by molar-refractivity contribution is 14.1. The molecule has 1 aromatic rings. The lowest BCUT2D eigenvalue weighted by Gasteiger charge is -2.27. The molecule has 0 unspecified atom stereocenters. The first-order valence-corrected chi connectivity index (χ1v) is 7.63. The van der Waals surface area contributed by atoms with Gasteiger partial charge in [0.2, 0.25) is 5.91 Å². The number of amides is 1. The van der Waals surface area contributed by atoms with Crippen molar-refractivity contribution in [1.82, 2.24) is 10.2 Å². The Balaban J connectivity index is 2.11. The topological polar surface area (TPSA) is 67.4 Å². The van der Waals surface area contributed by atoms with Gasteiger partial charge in [0.25, 0.3) is 0 Å². The van der Waals surface area contributed by atoms with Crippen LogP contribution in [0.5, 0.6) is 0 Å². The Bertz CT molecular complexity index is 496. The highest BCUT2D eigenvalue weighted by atomic mass is 127. The molecule has 1 aliphatic rings. The largest absolute Gasteiger partial charge is 0.378 e. The number of carbonyl (C=O) groups excluding carboxylic acids is 1. The molecule has 0 spiro atoms. The van der Waals surface area contributed by atoms with E-state index < -0.39 is 5.41 Å². The van der Waals surface area contributed by atoms with Gasteiger partial charge < -0.3 is 15.0 Å². The second-order valence-corrected chi connectivity index (χ2v) is 6.86. The zero-order valence-electron chi connectivity index (χ0n) is 11.9. The van der Waals surface area contributed by atoms with Gasteiger partial charge in [0.1, 0.15) is 0 Å². The van der Waals surface area contributed by atoms with E-state index in [0.29, 0.717) is 19.0 Å². The zero-order chi connectivity index (χ0) is 14.8. The Hall–Kier alpha value is -0.960. The summed E-state index contributed by atoms with van der Waals surface area (Å²) in [5.41, 5.74) is -0.451.